The fourth-order valence-electron chi connectivity index (χ4n) is 2.91. The molecule has 3 unspecified atom stereocenters. The number of anilines is 1. The molecule has 0 aliphatic heterocycles. The normalized spacial score (nSPS) is 25.3. The molecule has 0 aromatic heterocycles. The Balaban J connectivity index is 2.00. The van der Waals surface area contributed by atoms with Gasteiger partial charge in [-0.25, -0.2) is 0 Å². The van der Waals surface area contributed by atoms with Gasteiger partial charge in [-0.3, -0.25) is 4.79 Å². The van der Waals surface area contributed by atoms with Crippen LogP contribution in [0.25, 0.3) is 0 Å². The van der Waals surface area contributed by atoms with Crippen LogP contribution in [-0.4, -0.2) is 18.6 Å². The van der Waals surface area contributed by atoms with Crippen LogP contribution >= 0.6 is 0 Å². The summed E-state index contributed by atoms with van der Waals surface area (Å²) in [7, 11) is 0. The Labute approximate surface area is 127 Å². The van der Waals surface area contributed by atoms with Crippen molar-refractivity contribution < 1.29 is 9.53 Å². The van der Waals surface area contributed by atoms with E-state index < -0.39 is 0 Å². The van der Waals surface area contributed by atoms with E-state index in [1.165, 1.54) is 19.3 Å². The average Bonchev–Trinajstić information content (AvgIpc) is 2.44. The molecule has 0 spiro atoms. The van der Waals surface area contributed by atoms with Gasteiger partial charge in [0.15, 0.2) is 0 Å². The Hall–Kier alpha value is -1.71. The lowest BCUT2D eigenvalue weighted by atomic mass is 9.80. The highest BCUT2D eigenvalue weighted by Gasteiger charge is 2.25. The van der Waals surface area contributed by atoms with Crippen LogP contribution in [0.2, 0.25) is 0 Å². The summed E-state index contributed by atoms with van der Waals surface area (Å²) in [5.74, 6) is 1.89. The summed E-state index contributed by atoms with van der Waals surface area (Å²) in [5.41, 5.74) is 6.15. The summed E-state index contributed by atoms with van der Waals surface area (Å²) in [5, 5.41) is 3.63. The minimum Gasteiger partial charge on any atom is -0.491 e. The zero-order valence-electron chi connectivity index (χ0n) is 13.0. The molecule has 21 heavy (non-hydrogen) atoms. The highest BCUT2D eigenvalue weighted by atomic mass is 16.5. The van der Waals surface area contributed by atoms with E-state index in [0.717, 1.165) is 17.4 Å². The van der Waals surface area contributed by atoms with Gasteiger partial charge in [0.2, 0.25) is 5.91 Å². The third-order valence-corrected chi connectivity index (χ3v) is 4.29. The zero-order chi connectivity index (χ0) is 15.2. The molecular formula is C17H26N2O2. The lowest BCUT2D eigenvalue weighted by molar-refractivity contribution is -0.118. The fourth-order valence-corrected chi connectivity index (χ4v) is 2.91. The van der Waals surface area contributed by atoms with Crippen molar-refractivity contribution in [2.75, 3.05) is 11.9 Å². The Bertz CT molecular complexity index is 476. The largest absolute Gasteiger partial charge is 0.491 e. The van der Waals surface area contributed by atoms with Crippen molar-refractivity contribution in [1.29, 1.82) is 0 Å². The van der Waals surface area contributed by atoms with Crippen LogP contribution in [0.5, 0.6) is 5.75 Å². The molecule has 1 aliphatic carbocycles. The standard InChI is InChI=1S/C17H26N2O2/c1-12-7-8-13(2)15(11-12)19-14-5-3-4-6-16(14)21-10-9-17(18)20/h3-6,12-13,15,19H,7-11H2,1-2H3,(H2,18,20). The van der Waals surface area contributed by atoms with Crippen molar-refractivity contribution in [3.8, 4) is 5.75 Å². The second kappa shape index (κ2) is 7.34. The Morgan fingerprint density at radius 1 is 1.33 bits per heavy atom. The number of amides is 1. The highest BCUT2D eigenvalue weighted by molar-refractivity contribution is 5.73. The molecule has 116 valence electrons. The minimum atomic E-state index is -0.338. The number of carbonyl (C=O) groups is 1. The molecule has 1 amide bonds. The summed E-state index contributed by atoms with van der Waals surface area (Å²) in [6, 6.07) is 8.39. The van der Waals surface area contributed by atoms with E-state index in [2.05, 4.69) is 19.2 Å². The Kier molecular flexibility index (Phi) is 5.48. The SMILES string of the molecule is CC1CCC(C)C(Nc2ccccc2OCCC(N)=O)C1. The maximum Gasteiger partial charge on any atom is 0.220 e. The summed E-state index contributed by atoms with van der Waals surface area (Å²) in [6.45, 7) is 4.95. The fraction of sp³-hybridized carbons (Fsp3) is 0.588. The maximum absolute atomic E-state index is 10.8. The first-order valence-corrected chi connectivity index (χ1v) is 7.83. The monoisotopic (exact) mass is 290 g/mol. The van der Waals surface area contributed by atoms with Crippen LogP contribution in [0.15, 0.2) is 24.3 Å². The summed E-state index contributed by atoms with van der Waals surface area (Å²) in [6.07, 6.45) is 4.02. The average molecular weight is 290 g/mol. The predicted octanol–water partition coefficient (Wildman–Crippen LogP) is 3.18. The van der Waals surface area contributed by atoms with E-state index in [4.69, 9.17) is 10.5 Å². The van der Waals surface area contributed by atoms with E-state index in [9.17, 15) is 4.79 Å². The number of hydrogen-bond acceptors (Lipinski definition) is 3. The van der Waals surface area contributed by atoms with Gasteiger partial charge in [0.05, 0.1) is 18.7 Å². The molecule has 0 heterocycles. The molecular weight excluding hydrogens is 264 g/mol. The van der Waals surface area contributed by atoms with Gasteiger partial charge in [-0.05, 0) is 36.8 Å². The number of rotatable bonds is 6. The number of primary amides is 1. The van der Waals surface area contributed by atoms with Crippen LogP contribution in [0.1, 0.15) is 39.5 Å². The van der Waals surface area contributed by atoms with E-state index in [1.807, 2.05) is 24.3 Å². The molecule has 1 aliphatic rings. The molecule has 2 rings (SSSR count). The summed E-state index contributed by atoms with van der Waals surface area (Å²) >= 11 is 0. The van der Waals surface area contributed by atoms with Crippen molar-refractivity contribution in [1.82, 2.24) is 0 Å². The third-order valence-electron chi connectivity index (χ3n) is 4.29. The molecule has 4 heteroatoms. The van der Waals surface area contributed by atoms with Crippen LogP contribution < -0.4 is 15.8 Å². The molecule has 0 radical (unpaired) electrons. The number of carbonyl (C=O) groups excluding carboxylic acids is 1. The van der Waals surface area contributed by atoms with E-state index >= 15 is 0 Å². The maximum atomic E-state index is 10.8. The zero-order valence-corrected chi connectivity index (χ0v) is 13.0. The first kappa shape index (κ1) is 15.7. The van der Waals surface area contributed by atoms with E-state index in [1.54, 1.807) is 0 Å². The van der Waals surface area contributed by atoms with Gasteiger partial charge in [-0.1, -0.05) is 32.4 Å². The molecule has 0 bridgehead atoms. The molecule has 3 N–H and O–H groups in total. The summed E-state index contributed by atoms with van der Waals surface area (Å²) < 4.78 is 5.69. The molecule has 3 atom stereocenters. The van der Waals surface area contributed by atoms with Gasteiger partial charge in [-0.15, -0.1) is 0 Å². The van der Waals surface area contributed by atoms with Crippen LogP contribution in [0, 0.1) is 11.8 Å². The summed E-state index contributed by atoms with van der Waals surface area (Å²) in [4.78, 5) is 10.8. The molecule has 4 nitrogen and oxygen atoms in total. The van der Waals surface area contributed by atoms with Gasteiger partial charge in [0.1, 0.15) is 5.75 Å². The lowest BCUT2D eigenvalue weighted by Crippen LogP contribution is -2.33. The predicted molar refractivity (Wildman–Crippen MR) is 85.3 cm³/mol. The molecule has 1 fully saturated rings. The second-order valence-corrected chi connectivity index (χ2v) is 6.21. The first-order chi connectivity index (χ1) is 10.1. The van der Waals surface area contributed by atoms with Gasteiger partial charge in [0, 0.05) is 6.04 Å². The number of ether oxygens (including phenoxy) is 1. The number of hydrogen-bond donors (Lipinski definition) is 2. The van der Waals surface area contributed by atoms with E-state index in [0.29, 0.717) is 18.6 Å². The number of nitrogens with two attached hydrogens (primary N) is 1. The number of para-hydroxylation sites is 2. The lowest BCUT2D eigenvalue weighted by Gasteiger charge is -2.34. The molecule has 1 aromatic carbocycles. The first-order valence-electron chi connectivity index (χ1n) is 7.83. The van der Waals surface area contributed by atoms with Gasteiger partial charge in [0.25, 0.3) is 0 Å². The smallest absolute Gasteiger partial charge is 0.220 e. The van der Waals surface area contributed by atoms with Gasteiger partial charge < -0.3 is 15.8 Å². The van der Waals surface area contributed by atoms with Crippen LogP contribution in [0.3, 0.4) is 0 Å². The number of nitrogens with one attached hydrogen (secondary N) is 1. The quantitative estimate of drug-likeness (QED) is 0.845. The third kappa shape index (κ3) is 4.66. The van der Waals surface area contributed by atoms with Crippen molar-refractivity contribution in [2.24, 2.45) is 17.6 Å². The topological polar surface area (TPSA) is 64.3 Å². The molecule has 0 saturated heterocycles. The van der Waals surface area contributed by atoms with Crippen molar-refractivity contribution in [3.63, 3.8) is 0 Å². The van der Waals surface area contributed by atoms with Crippen molar-refractivity contribution in [3.05, 3.63) is 24.3 Å². The van der Waals surface area contributed by atoms with Crippen LogP contribution in [-0.2, 0) is 4.79 Å². The molecule has 1 aromatic rings. The van der Waals surface area contributed by atoms with E-state index in [-0.39, 0.29) is 12.3 Å². The Morgan fingerprint density at radius 2 is 2.10 bits per heavy atom. The minimum absolute atomic E-state index is 0.241. The van der Waals surface area contributed by atoms with Crippen molar-refractivity contribution >= 4 is 11.6 Å². The van der Waals surface area contributed by atoms with Crippen molar-refractivity contribution in [2.45, 2.75) is 45.6 Å². The van der Waals surface area contributed by atoms with Gasteiger partial charge in [-0.2, -0.15) is 0 Å². The number of benzene rings is 1. The highest BCUT2D eigenvalue weighted by Crippen LogP contribution is 2.33. The van der Waals surface area contributed by atoms with Crippen LogP contribution in [0.4, 0.5) is 5.69 Å². The second-order valence-electron chi connectivity index (χ2n) is 6.21. The van der Waals surface area contributed by atoms with Gasteiger partial charge >= 0.3 is 0 Å². The molecule has 1 saturated carbocycles. The Morgan fingerprint density at radius 3 is 2.86 bits per heavy atom.